The number of nitrogens with one attached hydrogen (secondary N) is 2. The van der Waals surface area contributed by atoms with E-state index in [0.717, 1.165) is 0 Å². The Bertz CT molecular complexity index is 565. The summed E-state index contributed by atoms with van der Waals surface area (Å²) in [5.74, 6) is 0. The second kappa shape index (κ2) is 8.92. The number of benzene rings is 1. The van der Waals surface area contributed by atoms with Crippen molar-refractivity contribution in [1.82, 2.24) is 10.0 Å². The van der Waals surface area contributed by atoms with Crippen LogP contribution in [0.2, 0.25) is 10.0 Å². The predicted molar refractivity (Wildman–Crippen MR) is 85.5 cm³/mol. The summed E-state index contributed by atoms with van der Waals surface area (Å²) in [5.41, 5.74) is 0.568. The SMILES string of the molecule is CCOCCCNS(=O)(=O)c1ccc(Cl)c(CNC)c1Cl. The quantitative estimate of drug-likeness (QED) is 0.668. The van der Waals surface area contributed by atoms with E-state index in [-0.39, 0.29) is 9.92 Å². The van der Waals surface area contributed by atoms with E-state index in [1.165, 1.54) is 12.1 Å². The van der Waals surface area contributed by atoms with Crippen LogP contribution in [0.4, 0.5) is 0 Å². The smallest absolute Gasteiger partial charge is 0.242 e. The molecule has 0 spiro atoms. The molecule has 1 aromatic carbocycles. The fraction of sp³-hybridized carbons (Fsp3) is 0.538. The lowest BCUT2D eigenvalue weighted by atomic mass is 10.2. The van der Waals surface area contributed by atoms with E-state index in [1.54, 1.807) is 7.05 Å². The van der Waals surface area contributed by atoms with Crippen molar-refractivity contribution in [3.63, 3.8) is 0 Å². The van der Waals surface area contributed by atoms with E-state index in [0.29, 0.717) is 43.3 Å². The summed E-state index contributed by atoms with van der Waals surface area (Å²) in [6, 6.07) is 2.95. The van der Waals surface area contributed by atoms with Crippen molar-refractivity contribution in [3.05, 3.63) is 27.7 Å². The zero-order valence-corrected chi connectivity index (χ0v) is 14.4. The minimum absolute atomic E-state index is 0.0372. The number of hydrogen-bond acceptors (Lipinski definition) is 4. The normalized spacial score (nSPS) is 11.8. The Labute approximate surface area is 136 Å². The molecule has 0 heterocycles. The lowest BCUT2D eigenvalue weighted by Crippen LogP contribution is -2.26. The Kier molecular flexibility index (Phi) is 7.94. The van der Waals surface area contributed by atoms with Gasteiger partial charge in [0.2, 0.25) is 10.0 Å². The van der Waals surface area contributed by atoms with E-state index < -0.39 is 10.0 Å². The van der Waals surface area contributed by atoms with Gasteiger partial charge in [-0.25, -0.2) is 13.1 Å². The molecular formula is C13H20Cl2N2O3S. The van der Waals surface area contributed by atoms with Gasteiger partial charge >= 0.3 is 0 Å². The summed E-state index contributed by atoms with van der Waals surface area (Å²) in [6.45, 7) is 3.70. The number of halogens is 2. The fourth-order valence-electron chi connectivity index (χ4n) is 1.73. The van der Waals surface area contributed by atoms with Crippen LogP contribution in [-0.2, 0) is 21.3 Å². The molecule has 120 valence electrons. The van der Waals surface area contributed by atoms with Crippen LogP contribution < -0.4 is 10.0 Å². The minimum atomic E-state index is -3.66. The zero-order chi connectivity index (χ0) is 15.9. The topological polar surface area (TPSA) is 67.4 Å². The molecule has 0 aliphatic rings. The van der Waals surface area contributed by atoms with Gasteiger partial charge < -0.3 is 10.1 Å². The van der Waals surface area contributed by atoms with Crippen molar-refractivity contribution < 1.29 is 13.2 Å². The van der Waals surface area contributed by atoms with Gasteiger partial charge in [0.25, 0.3) is 0 Å². The summed E-state index contributed by atoms with van der Waals surface area (Å²) in [7, 11) is -1.92. The lowest BCUT2D eigenvalue weighted by molar-refractivity contribution is 0.146. The van der Waals surface area contributed by atoms with Crippen LogP contribution in [0, 0.1) is 0 Å². The first kappa shape index (κ1) is 18.7. The van der Waals surface area contributed by atoms with E-state index in [4.69, 9.17) is 27.9 Å². The summed E-state index contributed by atoms with van der Waals surface area (Å²) >= 11 is 12.2. The van der Waals surface area contributed by atoms with E-state index >= 15 is 0 Å². The molecule has 0 atom stereocenters. The van der Waals surface area contributed by atoms with Gasteiger partial charge in [-0.1, -0.05) is 23.2 Å². The van der Waals surface area contributed by atoms with Crippen LogP contribution in [0.15, 0.2) is 17.0 Å². The monoisotopic (exact) mass is 354 g/mol. The average Bonchev–Trinajstić information content (AvgIpc) is 2.42. The molecule has 0 aliphatic carbocycles. The Balaban J connectivity index is 2.86. The molecule has 0 fully saturated rings. The molecule has 8 heteroatoms. The van der Waals surface area contributed by atoms with Crippen LogP contribution in [-0.4, -0.2) is 35.2 Å². The molecule has 2 N–H and O–H groups in total. The van der Waals surface area contributed by atoms with Crippen molar-refractivity contribution >= 4 is 33.2 Å². The minimum Gasteiger partial charge on any atom is -0.382 e. The van der Waals surface area contributed by atoms with Gasteiger partial charge in [-0.2, -0.15) is 0 Å². The van der Waals surface area contributed by atoms with Crippen molar-refractivity contribution in [2.75, 3.05) is 26.8 Å². The molecule has 5 nitrogen and oxygen atoms in total. The second-order valence-corrected chi connectivity index (χ2v) is 6.84. The van der Waals surface area contributed by atoms with Gasteiger partial charge in [-0.15, -0.1) is 0 Å². The van der Waals surface area contributed by atoms with Gasteiger partial charge in [0.15, 0.2) is 0 Å². The zero-order valence-electron chi connectivity index (χ0n) is 12.1. The summed E-state index contributed by atoms with van der Waals surface area (Å²) < 4.78 is 32.2. The van der Waals surface area contributed by atoms with Crippen LogP contribution in [0.1, 0.15) is 18.9 Å². The Hall–Kier alpha value is -0.370. The standard InChI is InChI=1S/C13H20Cl2N2O3S/c1-3-20-8-4-7-17-21(18,19)12-6-5-11(14)10(9-16-2)13(12)15/h5-6,16-17H,3-4,7-9H2,1-2H3. The largest absolute Gasteiger partial charge is 0.382 e. The van der Waals surface area contributed by atoms with Crippen LogP contribution in [0.3, 0.4) is 0 Å². The van der Waals surface area contributed by atoms with Crippen molar-refractivity contribution in [1.29, 1.82) is 0 Å². The maximum atomic E-state index is 12.3. The van der Waals surface area contributed by atoms with E-state index in [2.05, 4.69) is 10.0 Å². The highest BCUT2D eigenvalue weighted by atomic mass is 35.5. The molecule has 1 aromatic rings. The fourth-order valence-corrected chi connectivity index (χ4v) is 3.71. The van der Waals surface area contributed by atoms with Gasteiger partial charge in [0.1, 0.15) is 4.90 Å². The second-order valence-electron chi connectivity index (χ2n) is 4.32. The van der Waals surface area contributed by atoms with Gasteiger partial charge in [-0.05, 0) is 32.5 Å². The first-order valence-corrected chi connectivity index (χ1v) is 8.86. The number of ether oxygens (including phenoxy) is 1. The molecule has 0 aliphatic heterocycles. The van der Waals surface area contributed by atoms with Crippen molar-refractivity contribution in [2.45, 2.75) is 24.8 Å². The third-order valence-corrected chi connectivity index (χ3v) is 5.16. The molecule has 0 saturated carbocycles. The highest BCUT2D eigenvalue weighted by Crippen LogP contribution is 2.30. The third-order valence-electron chi connectivity index (χ3n) is 2.76. The summed E-state index contributed by atoms with van der Waals surface area (Å²) in [6.07, 6.45) is 0.599. The van der Waals surface area contributed by atoms with Gasteiger partial charge in [0.05, 0.1) is 5.02 Å². The number of hydrogen-bond donors (Lipinski definition) is 2. The molecule has 21 heavy (non-hydrogen) atoms. The molecule has 0 radical (unpaired) electrons. The van der Waals surface area contributed by atoms with Crippen molar-refractivity contribution in [3.8, 4) is 0 Å². The summed E-state index contributed by atoms with van der Waals surface area (Å²) in [4.78, 5) is 0.0372. The Morgan fingerprint density at radius 1 is 1.29 bits per heavy atom. The van der Waals surface area contributed by atoms with Crippen LogP contribution in [0.25, 0.3) is 0 Å². The average molecular weight is 355 g/mol. The number of rotatable bonds is 9. The Morgan fingerprint density at radius 3 is 2.62 bits per heavy atom. The molecule has 0 amide bonds. The van der Waals surface area contributed by atoms with Gasteiger partial charge in [0, 0.05) is 36.9 Å². The molecule has 0 unspecified atom stereocenters. The Morgan fingerprint density at radius 2 is 2.00 bits per heavy atom. The third kappa shape index (κ3) is 5.39. The first-order valence-electron chi connectivity index (χ1n) is 6.63. The molecule has 0 saturated heterocycles. The lowest BCUT2D eigenvalue weighted by Gasteiger charge is -2.12. The van der Waals surface area contributed by atoms with E-state index in [9.17, 15) is 8.42 Å². The highest BCUT2D eigenvalue weighted by molar-refractivity contribution is 7.89. The molecule has 0 bridgehead atoms. The van der Waals surface area contributed by atoms with E-state index in [1.807, 2.05) is 6.92 Å². The first-order chi connectivity index (χ1) is 9.94. The van der Waals surface area contributed by atoms with Crippen molar-refractivity contribution in [2.24, 2.45) is 0 Å². The van der Waals surface area contributed by atoms with Crippen LogP contribution >= 0.6 is 23.2 Å². The molecule has 0 aromatic heterocycles. The summed E-state index contributed by atoms with van der Waals surface area (Å²) in [5, 5.41) is 3.49. The number of sulfonamides is 1. The van der Waals surface area contributed by atoms with Crippen LogP contribution in [0.5, 0.6) is 0 Å². The maximum Gasteiger partial charge on any atom is 0.242 e. The highest BCUT2D eigenvalue weighted by Gasteiger charge is 2.20. The molecule has 1 rings (SSSR count). The maximum absolute atomic E-state index is 12.3. The predicted octanol–water partition coefficient (Wildman–Crippen LogP) is 2.42. The van der Waals surface area contributed by atoms with Gasteiger partial charge in [-0.3, -0.25) is 0 Å². The molecular weight excluding hydrogens is 335 g/mol.